The fourth-order valence-corrected chi connectivity index (χ4v) is 5.28. The van der Waals surface area contributed by atoms with Crippen molar-refractivity contribution in [1.82, 2.24) is 9.96 Å². The first-order chi connectivity index (χ1) is 15.6. The third-order valence-electron chi connectivity index (χ3n) is 7.42. The van der Waals surface area contributed by atoms with Crippen LogP contribution < -0.4 is 4.90 Å². The summed E-state index contributed by atoms with van der Waals surface area (Å²) < 4.78 is 6.14. The number of fused-ring (bicyclic) bond motifs is 1. The SMILES string of the molecule is CON(C)CC(=O)N1CCN(c2cc(C3CC3)c3c(c2C#N)CC(C)(C)OC3)CC1C(C)C. The molecule has 33 heavy (non-hydrogen) atoms. The predicted molar refractivity (Wildman–Crippen MR) is 128 cm³/mol. The van der Waals surface area contributed by atoms with E-state index in [9.17, 15) is 10.1 Å². The summed E-state index contributed by atoms with van der Waals surface area (Å²) in [5.74, 6) is 0.979. The molecule has 0 N–H and O–H groups in total. The number of ether oxygens (including phenoxy) is 1. The highest BCUT2D eigenvalue weighted by molar-refractivity contribution is 5.79. The van der Waals surface area contributed by atoms with Gasteiger partial charge >= 0.3 is 0 Å². The summed E-state index contributed by atoms with van der Waals surface area (Å²) in [6.07, 6.45) is 3.18. The molecule has 1 unspecified atom stereocenters. The van der Waals surface area contributed by atoms with Gasteiger partial charge in [0.05, 0.1) is 36.6 Å². The van der Waals surface area contributed by atoms with Crippen molar-refractivity contribution in [2.24, 2.45) is 5.92 Å². The van der Waals surface area contributed by atoms with Crippen LogP contribution in [0.3, 0.4) is 0 Å². The summed E-state index contributed by atoms with van der Waals surface area (Å²) in [6.45, 7) is 11.5. The van der Waals surface area contributed by atoms with Crippen molar-refractivity contribution in [3.63, 3.8) is 0 Å². The molecule has 0 aromatic heterocycles. The molecule has 1 atom stereocenters. The molecule has 0 bridgehead atoms. The molecule has 2 heterocycles. The molecule has 1 saturated heterocycles. The first kappa shape index (κ1) is 24.0. The maximum absolute atomic E-state index is 13.0. The first-order valence-corrected chi connectivity index (χ1v) is 12.2. The highest BCUT2D eigenvalue weighted by Crippen LogP contribution is 2.47. The van der Waals surface area contributed by atoms with Crippen LogP contribution in [0.1, 0.15) is 68.7 Å². The van der Waals surface area contributed by atoms with Crippen molar-refractivity contribution < 1.29 is 14.4 Å². The number of likely N-dealkylation sites (N-methyl/N-ethyl adjacent to an activating group) is 1. The smallest absolute Gasteiger partial charge is 0.239 e. The van der Waals surface area contributed by atoms with E-state index in [-0.39, 0.29) is 24.1 Å². The predicted octanol–water partition coefficient (Wildman–Crippen LogP) is 3.45. The Morgan fingerprint density at radius 2 is 2.06 bits per heavy atom. The van der Waals surface area contributed by atoms with Crippen molar-refractivity contribution in [3.05, 3.63) is 28.3 Å². The van der Waals surface area contributed by atoms with E-state index in [4.69, 9.17) is 9.57 Å². The van der Waals surface area contributed by atoms with Crippen LogP contribution >= 0.6 is 0 Å². The molecule has 7 heteroatoms. The highest BCUT2D eigenvalue weighted by atomic mass is 16.7. The van der Waals surface area contributed by atoms with Gasteiger partial charge in [-0.3, -0.25) is 4.79 Å². The van der Waals surface area contributed by atoms with Gasteiger partial charge in [-0.1, -0.05) is 13.8 Å². The fourth-order valence-electron chi connectivity index (χ4n) is 5.28. The average molecular weight is 455 g/mol. The van der Waals surface area contributed by atoms with Gasteiger partial charge in [-0.2, -0.15) is 10.3 Å². The number of piperazine rings is 1. The molecule has 2 aliphatic heterocycles. The number of hydrogen-bond donors (Lipinski definition) is 0. The van der Waals surface area contributed by atoms with Crippen LogP contribution in [0.15, 0.2) is 6.07 Å². The second-order valence-corrected chi connectivity index (χ2v) is 10.7. The Balaban J connectivity index is 1.67. The van der Waals surface area contributed by atoms with Crippen molar-refractivity contribution in [1.29, 1.82) is 5.26 Å². The molecule has 2 fully saturated rings. The topological polar surface area (TPSA) is 69.0 Å². The van der Waals surface area contributed by atoms with Crippen molar-refractivity contribution >= 4 is 11.6 Å². The van der Waals surface area contributed by atoms with Gasteiger partial charge in [0.25, 0.3) is 0 Å². The van der Waals surface area contributed by atoms with Crippen LogP contribution in [0.25, 0.3) is 0 Å². The van der Waals surface area contributed by atoms with Crippen molar-refractivity contribution in [2.45, 2.75) is 71.1 Å². The van der Waals surface area contributed by atoms with Crippen LogP contribution in [0.5, 0.6) is 0 Å². The minimum atomic E-state index is -0.267. The molecule has 1 amide bonds. The monoisotopic (exact) mass is 454 g/mol. The van der Waals surface area contributed by atoms with E-state index in [2.05, 4.69) is 44.7 Å². The molecule has 0 radical (unpaired) electrons. The number of amides is 1. The third kappa shape index (κ3) is 4.89. The van der Waals surface area contributed by atoms with Crippen LogP contribution in [0.2, 0.25) is 0 Å². The molecule has 0 spiro atoms. The average Bonchev–Trinajstić information content (AvgIpc) is 3.62. The Morgan fingerprint density at radius 3 is 2.67 bits per heavy atom. The maximum Gasteiger partial charge on any atom is 0.239 e. The van der Waals surface area contributed by atoms with E-state index in [0.717, 1.165) is 30.8 Å². The molecule has 180 valence electrons. The second kappa shape index (κ2) is 9.25. The number of nitriles is 1. The van der Waals surface area contributed by atoms with Gasteiger partial charge < -0.3 is 19.4 Å². The number of anilines is 1. The molecule has 7 nitrogen and oxygen atoms in total. The van der Waals surface area contributed by atoms with Crippen molar-refractivity contribution in [2.75, 3.05) is 45.2 Å². The van der Waals surface area contributed by atoms with Gasteiger partial charge in [0, 0.05) is 33.1 Å². The summed E-state index contributed by atoms with van der Waals surface area (Å²) in [5, 5.41) is 11.8. The Morgan fingerprint density at radius 1 is 1.33 bits per heavy atom. The largest absolute Gasteiger partial charge is 0.371 e. The van der Waals surface area contributed by atoms with Crippen LogP contribution in [0, 0.1) is 17.2 Å². The van der Waals surface area contributed by atoms with Gasteiger partial charge in [0.15, 0.2) is 0 Å². The molecule has 1 saturated carbocycles. The molecule has 3 aliphatic rings. The van der Waals surface area contributed by atoms with E-state index in [1.54, 1.807) is 19.2 Å². The van der Waals surface area contributed by atoms with Crippen LogP contribution in [-0.4, -0.2) is 67.8 Å². The number of rotatable bonds is 6. The Bertz CT molecular complexity index is 948. The van der Waals surface area contributed by atoms with Gasteiger partial charge in [-0.25, -0.2) is 0 Å². The number of benzene rings is 1. The third-order valence-corrected chi connectivity index (χ3v) is 7.42. The van der Waals surface area contributed by atoms with Crippen LogP contribution in [0.4, 0.5) is 5.69 Å². The fraction of sp³-hybridized carbons (Fsp3) is 0.692. The van der Waals surface area contributed by atoms with Crippen molar-refractivity contribution in [3.8, 4) is 6.07 Å². The van der Waals surface area contributed by atoms with E-state index >= 15 is 0 Å². The Kier molecular flexibility index (Phi) is 6.73. The minimum absolute atomic E-state index is 0.0845. The summed E-state index contributed by atoms with van der Waals surface area (Å²) >= 11 is 0. The quantitative estimate of drug-likeness (QED) is 0.613. The van der Waals surface area contributed by atoms with E-state index in [0.29, 0.717) is 25.0 Å². The Hall–Kier alpha value is -2.14. The normalized spacial score (nSPS) is 22.5. The number of carbonyl (C=O) groups is 1. The first-order valence-electron chi connectivity index (χ1n) is 12.2. The standard InChI is InChI=1S/C26H38N4O3/c1-17(2)24-14-29(9-10-30(24)25(31)15-28(5)32-6)23-11-19(18-7-8-18)22-16-33-26(3,4)12-20(22)21(23)13-27/h11,17-18,24H,7-10,12,14-16H2,1-6H3. The minimum Gasteiger partial charge on any atom is -0.371 e. The zero-order valence-corrected chi connectivity index (χ0v) is 21.0. The molecule has 1 aromatic carbocycles. The second-order valence-electron chi connectivity index (χ2n) is 10.7. The van der Waals surface area contributed by atoms with E-state index < -0.39 is 0 Å². The van der Waals surface area contributed by atoms with Gasteiger partial charge in [-0.15, -0.1) is 0 Å². The lowest BCUT2D eigenvalue weighted by Crippen LogP contribution is -2.58. The molecule has 1 aromatic rings. The summed E-state index contributed by atoms with van der Waals surface area (Å²) in [4.78, 5) is 22.5. The lowest BCUT2D eigenvalue weighted by molar-refractivity contribution is -0.154. The zero-order valence-electron chi connectivity index (χ0n) is 21.0. The number of hydroxylamine groups is 2. The van der Waals surface area contributed by atoms with E-state index in [1.807, 2.05) is 4.90 Å². The lowest BCUT2D eigenvalue weighted by Gasteiger charge is -2.45. The number of carbonyl (C=O) groups excluding carboxylic acids is 1. The molecular weight excluding hydrogens is 416 g/mol. The van der Waals surface area contributed by atoms with Gasteiger partial charge in [-0.05, 0) is 61.3 Å². The summed E-state index contributed by atoms with van der Waals surface area (Å²) in [5.41, 5.74) is 5.37. The maximum atomic E-state index is 13.0. The summed E-state index contributed by atoms with van der Waals surface area (Å²) in [6, 6.07) is 4.91. The van der Waals surface area contributed by atoms with Crippen LogP contribution in [-0.2, 0) is 27.4 Å². The zero-order chi connectivity index (χ0) is 23.9. The molecule has 4 rings (SSSR count). The molecular formula is C26H38N4O3. The Labute approximate surface area is 198 Å². The highest BCUT2D eigenvalue weighted by Gasteiger charge is 2.38. The summed E-state index contributed by atoms with van der Waals surface area (Å²) in [7, 11) is 3.35. The number of hydrogen-bond acceptors (Lipinski definition) is 6. The van der Waals surface area contributed by atoms with Gasteiger partial charge in [0.2, 0.25) is 5.91 Å². The molecule has 1 aliphatic carbocycles. The van der Waals surface area contributed by atoms with Gasteiger partial charge in [0.1, 0.15) is 12.6 Å². The van der Waals surface area contributed by atoms with E-state index in [1.165, 1.54) is 29.5 Å². The number of nitrogens with zero attached hydrogens (tertiary/aromatic N) is 4. The lowest BCUT2D eigenvalue weighted by atomic mass is 9.83.